The van der Waals surface area contributed by atoms with E-state index in [-0.39, 0.29) is 0 Å². The van der Waals surface area contributed by atoms with Crippen molar-refractivity contribution in [1.82, 2.24) is 15.5 Å². The molecule has 1 amide bonds. The highest BCUT2D eigenvalue weighted by atomic mass is 16.2. The Kier molecular flexibility index (Phi) is 4.33. The SMILES string of the molecule is O=C(CCc1cccc2c1CNCC2)N1CCNCC1. The average molecular weight is 273 g/mol. The summed E-state index contributed by atoms with van der Waals surface area (Å²) in [4.78, 5) is 14.2. The largest absolute Gasteiger partial charge is 0.340 e. The third-order valence-electron chi connectivity index (χ3n) is 4.32. The summed E-state index contributed by atoms with van der Waals surface area (Å²) < 4.78 is 0. The van der Waals surface area contributed by atoms with Crippen molar-refractivity contribution in [3.63, 3.8) is 0 Å². The van der Waals surface area contributed by atoms with Crippen molar-refractivity contribution in [3.05, 3.63) is 34.9 Å². The van der Waals surface area contributed by atoms with Gasteiger partial charge in [-0.2, -0.15) is 0 Å². The topological polar surface area (TPSA) is 44.4 Å². The zero-order chi connectivity index (χ0) is 13.8. The zero-order valence-electron chi connectivity index (χ0n) is 12.0. The van der Waals surface area contributed by atoms with Crippen molar-refractivity contribution in [2.24, 2.45) is 0 Å². The molecule has 2 aliphatic rings. The van der Waals surface area contributed by atoms with Gasteiger partial charge in [0.1, 0.15) is 0 Å². The summed E-state index contributed by atoms with van der Waals surface area (Å²) in [5.74, 6) is 0.299. The Labute approximate surface area is 120 Å². The second-order valence-corrected chi connectivity index (χ2v) is 5.61. The molecule has 2 heterocycles. The Morgan fingerprint density at radius 2 is 2.00 bits per heavy atom. The number of nitrogens with zero attached hydrogens (tertiary/aromatic N) is 1. The van der Waals surface area contributed by atoms with Gasteiger partial charge in [-0.05, 0) is 36.1 Å². The van der Waals surface area contributed by atoms with Gasteiger partial charge in [-0.25, -0.2) is 0 Å². The predicted molar refractivity (Wildman–Crippen MR) is 79.6 cm³/mol. The fourth-order valence-corrected chi connectivity index (χ4v) is 3.13. The lowest BCUT2D eigenvalue weighted by Crippen LogP contribution is -2.46. The van der Waals surface area contributed by atoms with Gasteiger partial charge in [0.2, 0.25) is 5.91 Å². The van der Waals surface area contributed by atoms with Crippen LogP contribution in [-0.4, -0.2) is 43.5 Å². The molecule has 4 heteroatoms. The van der Waals surface area contributed by atoms with Gasteiger partial charge in [0.25, 0.3) is 0 Å². The minimum atomic E-state index is 0.299. The van der Waals surface area contributed by atoms with E-state index in [1.807, 2.05) is 4.90 Å². The zero-order valence-corrected chi connectivity index (χ0v) is 12.0. The van der Waals surface area contributed by atoms with Crippen molar-refractivity contribution >= 4 is 5.91 Å². The highest BCUT2D eigenvalue weighted by molar-refractivity contribution is 5.76. The molecule has 0 aromatic heterocycles. The summed E-state index contributed by atoms with van der Waals surface area (Å²) in [5.41, 5.74) is 4.22. The molecule has 20 heavy (non-hydrogen) atoms. The lowest BCUT2D eigenvalue weighted by molar-refractivity contribution is -0.131. The van der Waals surface area contributed by atoms with Crippen LogP contribution in [0.1, 0.15) is 23.1 Å². The van der Waals surface area contributed by atoms with Gasteiger partial charge >= 0.3 is 0 Å². The van der Waals surface area contributed by atoms with Gasteiger partial charge in [-0.1, -0.05) is 18.2 Å². The lowest BCUT2D eigenvalue weighted by Gasteiger charge is -2.27. The molecule has 0 radical (unpaired) electrons. The van der Waals surface area contributed by atoms with Gasteiger partial charge in [0.15, 0.2) is 0 Å². The van der Waals surface area contributed by atoms with E-state index in [1.54, 1.807) is 0 Å². The van der Waals surface area contributed by atoms with Crippen LogP contribution in [-0.2, 0) is 24.2 Å². The number of carbonyl (C=O) groups is 1. The van der Waals surface area contributed by atoms with Crippen LogP contribution in [0.15, 0.2) is 18.2 Å². The lowest BCUT2D eigenvalue weighted by atomic mass is 9.93. The molecular weight excluding hydrogens is 250 g/mol. The Hall–Kier alpha value is -1.39. The van der Waals surface area contributed by atoms with Crippen LogP contribution in [0.5, 0.6) is 0 Å². The maximum absolute atomic E-state index is 12.2. The minimum Gasteiger partial charge on any atom is -0.340 e. The fraction of sp³-hybridized carbons (Fsp3) is 0.562. The molecule has 1 aromatic rings. The van der Waals surface area contributed by atoms with E-state index in [1.165, 1.54) is 16.7 Å². The molecule has 2 aliphatic heterocycles. The van der Waals surface area contributed by atoms with Crippen molar-refractivity contribution in [2.75, 3.05) is 32.7 Å². The third-order valence-corrected chi connectivity index (χ3v) is 4.32. The van der Waals surface area contributed by atoms with Crippen LogP contribution >= 0.6 is 0 Å². The van der Waals surface area contributed by atoms with E-state index in [9.17, 15) is 4.79 Å². The van der Waals surface area contributed by atoms with Gasteiger partial charge in [0.05, 0.1) is 0 Å². The second kappa shape index (κ2) is 6.37. The average Bonchev–Trinajstić information content (AvgIpc) is 2.53. The van der Waals surface area contributed by atoms with Crippen molar-refractivity contribution in [1.29, 1.82) is 0 Å². The number of carbonyl (C=O) groups excluding carboxylic acids is 1. The van der Waals surface area contributed by atoms with E-state index in [2.05, 4.69) is 28.8 Å². The van der Waals surface area contributed by atoms with E-state index in [4.69, 9.17) is 0 Å². The number of hydrogen-bond acceptors (Lipinski definition) is 3. The summed E-state index contributed by atoms with van der Waals surface area (Å²) in [5, 5.41) is 6.71. The summed E-state index contributed by atoms with van der Waals surface area (Å²) >= 11 is 0. The number of benzene rings is 1. The highest BCUT2D eigenvalue weighted by Gasteiger charge is 2.17. The summed E-state index contributed by atoms with van der Waals surface area (Å²) in [6.07, 6.45) is 2.61. The van der Waals surface area contributed by atoms with Crippen LogP contribution in [0, 0.1) is 0 Å². The molecule has 0 spiro atoms. The van der Waals surface area contributed by atoms with E-state index < -0.39 is 0 Å². The predicted octanol–water partition coefficient (Wildman–Crippen LogP) is 0.697. The van der Waals surface area contributed by atoms with Gasteiger partial charge in [-0.3, -0.25) is 4.79 Å². The van der Waals surface area contributed by atoms with Gasteiger partial charge in [-0.15, -0.1) is 0 Å². The Morgan fingerprint density at radius 1 is 1.15 bits per heavy atom. The van der Waals surface area contributed by atoms with Gasteiger partial charge in [0, 0.05) is 39.1 Å². The summed E-state index contributed by atoms with van der Waals surface area (Å²) in [6.45, 7) is 5.58. The van der Waals surface area contributed by atoms with Crippen molar-refractivity contribution in [2.45, 2.75) is 25.8 Å². The number of fused-ring (bicyclic) bond motifs is 1. The van der Waals surface area contributed by atoms with E-state index in [0.29, 0.717) is 12.3 Å². The minimum absolute atomic E-state index is 0.299. The molecule has 3 rings (SSSR count). The Bertz CT molecular complexity index is 481. The van der Waals surface area contributed by atoms with E-state index >= 15 is 0 Å². The van der Waals surface area contributed by atoms with Crippen LogP contribution in [0.3, 0.4) is 0 Å². The monoisotopic (exact) mass is 273 g/mol. The maximum Gasteiger partial charge on any atom is 0.222 e. The first-order chi connectivity index (χ1) is 9.84. The van der Waals surface area contributed by atoms with Crippen molar-refractivity contribution < 1.29 is 4.79 Å². The summed E-state index contributed by atoms with van der Waals surface area (Å²) in [7, 11) is 0. The molecule has 0 saturated carbocycles. The number of piperazine rings is 1. The first-order valence-electron chi connectivity index (χ1n) is 7.63. The molecule has 1 fully saturated rings. The molecule has 0 bridgehead atoms. The molecule has 1 aromatic carbocycles. The number of amides is 1. The molecule has 0 atom stereocenters. The maximum atomic E-state index is 12.2. The van der Waals surface area contributed by atoms with Crippen LogP contribution in [0.2, 0.25) is 0 Å². The Morgan fingerprint density at radius 3 is 2.85 bits per heavy atom. The number of aryl methyl sites for hydroxylation is 1. The quantitative estimate of drug-likeness (QED) is 0.852. The van der Waals surface area contributed by atoms with Crippen LogP contribution in [0.4, 0.5) is 0 Å². The first-order valence-corrected chi connectivity index (χ1v) is 7.63. The highest BCUT2D eigenvalue weighted by Crippen LogP contribution is 2.20. The van der Waals surface area contributed by atoms with Crippen molar-refractivity contribution in [3.8, 4) is 0 Å². The molecule has 0 aliphatic carbocycles. The first kappa shape index (κ1) is 13.6. The molecular formula is C16H23N3O. The smallest absolute Gasteiger partial charge is 0.222 e. The molecule has 108 valence electrons. The fourth-order valence-electron chi connectivity index (χ4n) is 3.13. The summed E-state index contributed by atoms with van der Waals surface area (Å²) in [6, 6.07) is 6.53. The Balaban J connectivity index is 1.62. The van der Waals surface area contributed by atoms with E-state index in [0.717, 1.165) is 52.1 Å². The molecule has 0 unspecified atom stereocenters. The number of nitrogens with one attached hydrogen (secondary N) is 2. The standard InChI is InChI=1S/C16H23N3O/c20-16(19-10-8-17-9-11-19)5-4-13-2-1-3-14-6-7-18-12-15(13)14/h1-3,17-18H,4-12H2. The number of hydrogen-bond donors (Lipinski definition) is 2. The second-order valence-electron chi connectivity index (χ2n) is 5.61. The van der Waals surface area contributed by atoms with Crippen LogP contribution < -0.4 is 10.6 Å². The molecule has 4 nitrogen and oxygen atoms in total. The number of rotatable bonds is 3. The normalized spacial score (nSPS) is 18.7. The molecule has 1 saturated heterocycles. The van der Waals surface area contributed by atoms with Crippen LogP contribution in [0.25, 0.3) is 0 Å². The molecule has 2 N–H and O–H groups in total. The van der Waals surface area contributed by atoms with Gasteiger partial charge < -0.3 is 15.5 Å². The third kappa shape index (κ3) is 3.02.